The molecule has 0 aromatic heterocycles. The molecule has 0 bridgehead atoms. The molecule has 2 radical (unpaired) electrons. The zero-order valence-corrected chi connectivity index (χ0v) is 11.2. The first-order chi connectivity index (χ1) is 6.45. The van der Waals surface area contributed by atoms with Gasteiger partial charge in [-0.05, 0) is 46.1 Å². The topological polar surface area (TPSA) is 0 Å². The number of allylic oxidation sites excluding steroid dienone is 5. The van der Waals surface area contributed by atoms with Gasteiger partial charge in [0.05, 0.1) is 0 Å². The van der Waals surface area contributed by atoms with Crippen LogP contribution in [0, 0.1) is 5.92 Å². The highest BCUT2D eigenvalue weighted by Crippen LogP contribution is 2.35. The molecular weight excluding hydrogens is 184 g/mol. The highest BCUT2D eigenvalue weighted by Gasteiger charge is 2.22. The van der Waals surface area contributed by atoms with Crippen LogP contribution in [-0.2, 0) is 0 Å². The Bertz CT molecular complexity index is 325. The number of hydrogen-bond donors (Lipinski definition) is 0. The van der Waals surface area contributed by atoms with E-state index in [0.717, 1.165) is 9.52 Å². The van der Waals surface area contributed by atoms with E-state index < -0.39 is 0 Å². The van der Waals surface area contributed by atoms with Gasteiger partial charge in [-0.25, -0.2) is 0 Å². The molecule has 14 heavy (non-hydrogen) atoms. The maximum atomic E-state index is 2.36. The Kier molecular flexibility index (Phi) is 3.54. The fourth-order valence-corrected chi connectivity index (χ4v) is 3.13. The van der Waals surface area contributed by atoms with Crippen molar-refractivity contribution in [2.45, 2.75) is 41.5 Å². The lowest BCUT2D eigenvalue weighted by Crippen LogP contribution is -2.04. The molecule has 0 saturated heterocycles. The Morgan fingerprint density at radius 2 is 1.71 bits per heavy atom. The van der Waals surface area contributed by atoms with E-state index in [1.807, 2.05) is 0 Å². The van der Waals surface area contributed by atoms with E-state index in [9.17, 15) is 0 Å². The summed E-state index contributed by atoms with van der Waals surface area (Å²) >= 11 is 0. The second-order valence-electron chi connectivity index (χ2n) is 4.43. The summed E-state index contributed by atoms with van der Waals surface area (Å²) in [4.78, 5) is 0. The van der Waals surface area contributed by atoms with Gasteiger partial charge in [0.25, 0.3) is 0 Å². The van der Waals surface area contributed by atoms with E-state index in [4.69, 9.17) is 0 Å². The largest absolute Gasteiger partial charge is 0.106 e. The first kappa shape index (κ1) is 11.5. The average Bonchev–Trinajstić information content (AvgIpc) is 2.29. The molecule has 0 fully saturated rings. The molecule has 0 saturated carbocycles. The van der Waals surface area contributed by atoms with Crippen molar-refractivity contribution in [3.8, 4) is 0 Å². The van der Waals surface area contributed by atoms with Gasteiger partial charge < -0.3 is 0 Å². The van der Waals surface area contributed by atoms with Gasteiger partial charge in [-0.15, -0.1) is 0 Å². The third-order valence-corrected chi connectivity index (χ3v) is 5.00. The fourth-order valence-electron chi connectivity index (χ4n) is 1.82. The van der Waals surface area contributed by atoms with Crippen LogP contribution in [-0.4, -0.2) is 9.52 Å². The third-order valence-electron chi connectivity index (χ3n) is 3.16. The lowest BCUT2D eigenvalue weighted by molar-refractivity contribution is 0.856. The molecular formula is C13H20Si. The Morgan fingerprint density at radius 3 is 2.07 bits per heavy atom. The second-order valence-corrected chi connectivity index (χ2v) is 5.55. The molecule has 0 spiro atoms. The van der Waals surface area contributed by atoms with Crippen LogP contribution < -0.4 is 0 Å². The molecule has 1 heteroatoms. The highest BCUT2D eigenvalue weighted by molar-refractivity contribution is 6.52. The smallest absolute Gasteiger partial charge is 0.0949 e. The highest BCUT2D eigenvalue weighted by atomic mass is 28.2. The molecule has 0 amide bonds. The molecule has 1 aliphatic carbocycles. The molecule has 0 N–H and O–H groups in total. The zero-order chi connectivity index (χ0) is 10.9. The van der Waals surface area contributed by atoms with E-state index in [2.05, 4.69) is 47.2 Å². The first-order valence-electron chi connectivity index (χ1n) is 5.23. The molecule has 0 nitrogen and oxygen atoms in total. The van der Waals surface area contributed by atoms with E-state index in [-0.39, 0.29) is 0 Å². The molecule has 1 unspecified atom stereocenters. The first-order valence-corrected chi connectivity index (χ1v) is 6.31. The summed E-state index contributed by atoms with van der Waals surface area (Å²) in [5.74, 6) is 0.670. The van der Waals surface area contributed by atoms with Crippen molar-refractivity contribution in [1.82, 2.24) is 0 Å². The van der Waals surface area contributed by atoms with Crippen LogP contribution in [0.15, 0.2) is 33.2 Å². The molecule has 76 valence electrons. The summed E-state index contributed by atoms with van der Waals surface area (Å²) in [6.45, 7) is 13.5. The van der Waals surface area contributed by atoms with Crippen molar-refractivity contribution >= 4 is 9.52 Å². The fraction of sp³-hybridized carbons (Fsp3) is 0.538. The summed E-state index contributed by atoms with van der Waals surface area (Å²) in [7, 11) is 0.875. The maximum absolute atomic E-state index is 2.36. The standard InChI is InChI=1S/C13H20Si/c1-8(2)7-14-13-11(5)9(3)10(4)12(13)6/h7,11H,1-6H3. The van der Waals surface area contributed by atoms with Crippen LogP contribution in [0.25, 0.3) is 0 Å². The van der Waals surface area contributed by atoms with Gasteiger partial charge in [0.2, 0.25) is 0 Å². The average molecular weight is 204 g/mol. The molecule has 1 atom stereocenters. The summed E-state index contributed by atoms with van der Waals surface area (Å²) in [6, 6.07) is 0. The molecule has 1 rings (SSSR count). The van der Waals surface area contributed by atoms with Gasteiger partial charge in [-0.3, -0.25) is 0 Å². The van der Waals surface area contributed by atoms with E-state index in [1.54, 1.807) is 10.8 Å². The molecule has 1 aliphatic rings. The van der Waals surface area contributed by atoms with Gasteiger partial charge >= 0.3 is 0 Å². The Hall–Kier alpha value is -0.563. The zero-order valence-electron chi connectivity index (χ0n) is 10.2. The quantitative estimate of drug-likeness (QED) is 0.599. The second kappa shape index (κ2) is 4.31. The summed E-state index contributed by atoms with van der Waals surface area (Å²) < 4.78 is 0. The lowest BCUT2D eigenvalue weighted by Gasteiger charge is -2.09. The predicted octanol–water partition coefficient (Wildman–Crippen LogP) is 3.87. The van der Waals surface area contributed by atoms with E-state index in [0.29, 0.717) is 5.92 Å². The minimum absolute atomic E-state index is 0.670. The maximum Gasteiger partial charge on any atom is 0.106 e. The number of rotatable bonds is 2. The van der Waals surface area contributed by atoms with Crippen LogP contribution in [0.2, 0.25) is 0 Å². The van der Waals surface area contributed by atoms with Crippen LogP contribution in [0.3, 0.4) is 0 Å². The minimum atomic E-state index is 0.670. The van der Waals surface area contributed by atoms with Gasteiger partial charge in [0, 0.05) is 0 Å². The van der Waals surface area contributed by atoms with Gasteiger partial charge in [-0.1, -0.05) is 34.5 Å². The monoisotopic (exact) mass is 204 g/mol. The van der Waals surface area contributed by atoms with Crippen LogP contribution in [0.5, 0.6) is 0 Å². The van der Waals surface area contributed by atoms with Crippen molar-refractivity contribution in [3.63, 3.8) is 0 Å². The predicted molar refractivity (Wildman–Crippen MR) is 65.4 cm³/mol. The Balaban J connectivity index is 2.88. The third kappa shape index (κ3) is 2.09. The summed E-state index contributed by atoms with van der Waals surface area (Å²) in [6.07, 6.45) is 0. The van der Waals surface area contributed by atoms with Crippen LogP contribution >= 0.6 is 0 Å². The van der Waals surface area contributed by atoms with Crippen molar-refractivity contribution in [2.24, 2.45) is 5.92 Å². The lowest BCUT2D eigenvalue weighted by atomic mass is 10.1. The van der Waals surface area contributed by atoms with Crippen molar-refractivity contribution in [2.75, 3.05) is 0 Å². The molecule has 0 aliphatic heterocycles. The Morgan fingerprint density at radius 1 is 1.14 bits per heavy atom. The van der Waals surface area contributed by atoms with Gasteiger partial charge in [0.15, 0.2) is 0 Å². The molecule has 0 heterocycles. The van der Waals surface area contributed by atoms with Gasteiger partial charge in [-0.2, -0.15) is 0 Å². The Labute approximate surface area is 90.6 Å². The number of hydrogen-bond acceptors (Lipinski definition) is 0. The minimum Gasteiger partial charge on any atom is -0.0949 e. The summed E-state index contributed by atoms with van der Waals surface area (Å²) in [5.41, 5.74) is 8.40. The van der Waals surface area contributed by atoms with Crippen molar-refractivity contribution in [1.29, 1.82) is 0 Å². The van der Waals surface area contributed by atoms with E-state index in [1.165, 1.54) is 16.7 Å². The SMILES string of the molecule is CC(C)=C[Si]C1=C(C)C(C)=C(C)C1C. The van der Waals surface area contributed by atoms with E-state index >= 15 is 0 Å². The van der Waals surface area contributed by atoms with Crippen LogP contribution in [0.4, 0.5) is 0 Å². The van der Waals surface area contributed by atoms with Crippen molar-refractivity contribution < 1.29 is 0 Å². The van der Waals surface area contributed by atoms with Gasteiger partial charge in [0.1, 0.15) is 9.52 Å². The molecule has 0 aromatic carbocycles. The normalized spacial score (nSPS) is 22.0. The summed E-state index contributed by atoms with van der Waals surface area (Å²) in [5, 5.41) is 1.64. The van der Waals surface area contributed by atoms with Crippen LogP contribution in [0.1, 0.15) is 41.5 Å². The molecule has 0 aromatic rings. The van der Waals surface area contributed by atoms with Crippen molar-refractivity contribution in [3.05, 3.63) is 33.2 Å².